The van der Waals surface area contributed by atoms with Gasteiger partial charge in [-0.15, -0.1) is 5.10 Å². The molecule has 48 heavy (non-hydrogen) atoms. The molecule has 0 saturated carbocycles. The van der Waals surface area contributed by atoms with E-state index in [0.29, 0.717) is 17.7 Å². The predicted molar refractivity (Wildman–Crippen MR) is 170 cm³/mol. The molecule has 1 N–H and O–H groups in total. The second-order valence-electron chi connectivity index (χ2n) is 10.8. The van der Waals surface area contributed by atoms with E-state index in [2.05, 4.69) is 20.8 Å². The molecule has 0 aliphatic carbocycles. The van der Waals surface area contributed by atoms with Crippen LogP contribution in [-0.2, 0) is 30.2 Å². The van der Waals surface area contributed by atoms with Crippen LogP contribution in [0.5, 0.6) is 0 Å². The summed E-state index contributed by atoms with van der Waals surface area (Å²) in [6.07, 6.45) is 1.64. The molecule has 1 aliphatic rings. The molecule has 1 unspecified atom stereocenters. The van der Waals surface area contributed by atoms with Crippen LogP contribution in [-0.4, -0.2) is 68.0 Å². The van der Waals surface area contributed by atoms with Crippen molar-refractivity contribution < 1.29 is 37.8 Å². The van der Waals surface area contributed by atoms with Crippen LogP contribution in [0.1, 0.15) is 53.9 Å². The number of halogens is 2. The van der Waals surface area contributed by atoms with Gasteiger partial charge in [0.15, 0.2) is 5.82 Å². The van der Waals surface area contributed by atoms with Gasteiger partial charge in [-0.2, -0.15) is 4.68 Å². The summed E-state index contributed by atoms with van der Waals surface area (Å²) in [7, 11) is 0. The average molecular weight is 677 g/mol. The maximum atomic E-state index is 15.1. The second-order valence-corrected chi connectivity index (χ2v) is 11.2. The molecule has 1 aliphatic heterocycles. The first-order chi connectivity index (χ1) is 23.0. The highest BCUT2D eigenvalue weighted by atomic mass is 35.5. The van der Waals surface area contributed by atoms with Gasteiger partial charge in [-0.05, 0) is 84.3 Å². The van der Waals surface area contributed by atoms with Gasteiger partial charge in [-0.25, -0.2) is 14.0 Å². The zero-order valence-electron chi connectivity index (χ0n) is 26.0. The Hall–Kier alpha value is -5.63. The van der Waals surface area contributed by atoms with Crippen LogP contribution in [0.15, 0.2) is 73.1 Å². The number of nitrogens with one attached hydrogen (secondary N) is 1. The summed E-state index contributed by atoms with van der Waals surface area (Å²) in [5.74, 6) is -2.58. The van der Waals surface area contributed by atoms with Gasteiger partial charge < -0.3 is 24.4 Å². The molecule has 4 aromatic rings. The fourth-order valence-corrected chi connectivity index (χ4v) is 5.19. The van der Waals surface area contributed by atoms with Crippen molar-refractivity contribution in [3.8, 4) is 5.69 Å². The standard InChI is InChI=1S/C33H30ClFN6O7/c1-19(2)46-33(45)48-20(3)47-32(44)22-8-10-23(11-9-22)37-31(43)30-24-7-5-4-6-21(24)16-17-40(30)28(42)15-12-25-27(41-18-36-38-39-41)14-13-26(34)29(25)35/h4-15,18-20,30H,16-17H2,1-3H3,(H,37,43)/b15-12+/t20?,30-/m0/s1. The molecule has 3 aromatic carbocycles. The van der Waals surface area contributed by atoms with Crippen LogP contribution in [0.4, 0.5) is 14.9 Å². The number of nitrogens with zero attached hydrogens (tertiary/aromatic N) is 5. The first-order valence-electron chi connectivity index (χ1n) is 14.8. The van der Waals surface area contributed by atoms with E-state index in [1.165, 1.54) is 71.4 Å². The Balaban J connectivity index is 1.32. The van der Waals surface area contributed by atoms with Crippen molar-refractivity contribution in [3.05, 3.63) is 106 Å². The summed E-state index contributed by atoms with van der Waals surface area (Å²) in [5, 5.41) is 13.6. The number of benzene rings is 3. The van der Waals surface area contributed by atoms with Crippen molar-refractivity contribution >= 4 is 47.3 Å². The lowest BCUT2D eigenvalue weighted by atomic mass is 9.91. The molecule has 0 fully saturated rings. The highest BCUT2D eigenvalue weighted by Crippen LogP contribution is 2.32. The largest absolute Gasteiger partial charge is 0.511 e. The van der Waals surface area contributed by atoms with E-state index in [1.807, 2.05) is 12.1 Å². The summed E-state index contributed by atoms with van der Waals surface area (Å²) >= 11 is 6.03. The van der Waals surface area contributed by atoms with Crippen LogP contribution in [0, 0.1) is 5.82 Å². The Labute approximate surface area is 279 Å². The molecule has 5 rings (SSSR count). The minimum Gasteiger partial charge on any atom is -0.431 e. The summed E-state index contributed by atoms with van der Waals surface area (Å²) in [6.45, 7) is 4.89. The molecule has 2 amide bonds. The molecular formula is C33H30ClFN6O7. The molecule has 15 heteroatoms. The summed E-state index contributed by atoms with van der Waals surface area (Å²) in [4.78, 5) is 53.0. The van der Waals surface area contributed by atoms with Crippen LogP contribution in [0.25, 0.3) is 11.8 Å². The summed E-state index contributed by atoms with van der Waals surface area (Å²) in [6, 6.07) is 15.0. The lowest BCUT2D eigenvalue weighted by Crippen LogP contribution is -2.44. The number of aromatic nitrogens is 4. The van der Waals surface area contributed by atoms with Crippen LogP contribution >= 0.6 is 11.6 Å². The smallest absolute Gasteiger partial charge is 0.431 e. The zero-order valence-corrected chi connectivity index (χ0v) is 26.8. The number of hydrogen-bond acceptors (Lipinski definition) is 10. The lowest BCUT2D eigenvalue weighted by molar-refractivity contribution is -0.135. The number of tetrazole rings is 1. The number of amides is 2. The third-order valence-corrected chi connectivity index (χ3v) is 7.46. The first kappa shape index (κ1) is 33.7. The van der Waals surface area contributed by atoms with E-state index in [-0.39, 0.29) is 28.4 Å². The third-order valence-electron chi connectivity index (χ3n) is 7.17. The van der Waals surface area contributed by atoms with E-state index >= 15 is 4.39 Å². The van der Waals surface area contributed by atoms with Gasteiger partial charge in [0.05, 0.1) is 22.4 Å². The van der Waals surface area contributed by atoms with E-state index in [1.54, 1.807) is 26.0 Å². The van der Waals surface area contributed by atoms with Gasteiger partial charge in [0.1, 0.15) is 12.4 Å². The van der Waals surface area contributed by atoms with E-state index in [4.69, 9.17) is 25.8 Å². The quantitative estimate of drug-likeness (QED) is 0.140. The molecule has 2 heterocycles. The van der Waals surface area contributed by atoms with Crippen molar-refractivity contribution in [3.63, 3.8) is 0 Å². The van der Waals surface area contributed by atoms with Crippen molar-refractivity contribution in [2.75, 3.05) is 11.9 Å². The third kappa shape index (κ3) is 7.83. The van der Waals surface area contributed by atoms with Gasteiger partial charge in [0.25, 0.3) is 5.91 Å². The minimum absolute atomic E-state index is 0.0170. The van der Waals surface area contributed by atoms with Crippen molar-refractivity contribution in [1.82, 2.24) is 25.1 Å². The molecule has 2 atom stereocenters. The summed E-state index contributed by atoms with van der Waals surface area (Å²) < 4.78 is 31.3. The Kier molecular flexibility index (Phi) is 10.4. The molecule has 0 saturated heterocycles. The molecule has 248 valence electrons. The van der Waals surface area contributed by atoms with E-state index in [9.17, 15) is 19.2 Å². The Bertz CT molecular complexity index is 1850. The number of hydrogen-bond donors (Lipinski definition) is 1. The molecular weight excluding hydrogens is 647 g/mol. The number of carbonyl (C=O) groups is 4. The topological polar surface area (TPSA) is 155 Å². The number of anilines is 1. The Morgan fingerprint density at radius 1 is 1.00 bits per heavy atom. The SMILES string of the molecule is CC(C)OC(=O)OC(C)OC(=O)c1ccc(NC(=O)[C@@H]2c3ccccc3CCN2C(=O)/C=C/c2c(-n3cnnn3)ccc(Cl)c2F)cc1. The zero-order chi connectivity index (χ0) is 34.4. The fourth-order valence-electron chi connectivity index (χ4n) is 5.02. The normalized spacial score (nSPS) is 14.7. The van der Waals surface area contributed by atoms with Gasteiger partial charge in [0, 0.05) is 30.8 Å². The van der Waals surface area contributed by atoms with Gasteiger partial charge in [0.2, 0.25) is 12.2 Å². The van der Waals surface area contributed by atoms with Crippen molar-refractivity contribution in [1.29, 1.82) is 0 Å². The number of ether oxygens (including phenoxy) is 3. The maximum absolute atomic E-state index is 15.1. The molecule has 0 spiro atoms. The fraction of sp³-hybridized carbons (Fsp3) is 0.242. The highest BCUT2D eigenvalue weighted by molar-refractivity contribution is 6.31. The van der Waals surface area contributed by atoms with Crippen LogP contribution in [0.3, 0.4) is 0 Å². The highest BCUT2D eigenvalue weighted by Gasteiger charge is 2.35. The number of fused-ring (bicyclic) bond motifs is 1. The van der Waals surface area contributed by atoms with Crippen LogP contribution in [0.2, 0.25) is 5.02 Å². The average Bonchev–Trinajstić information content (AvgIpc) is 3.59. The number of rotatable bonds is 9. The van der Waals surface area contributed by atoms with Crippen molar-refractivity contribution in [2.45, 2.75) is 45.6 Å². The Morgan fingerprint density at radius 3 is 2.46 bits per heavy atom. The molecule has 0 bridgehead atoms. The number of esters is 1. The summed E-state index contributed by atoms with van der Waals surface area (Å²) in [5.41, 5.74) is 2.26. The molecule has 13 nitrogen and oxygen atoms in total. The monoisotopic (exact) mass is 676 g/mol. The maximum Gasteiger partial charge on any atom is 0.511 e. The minimum atomic E-state index is -1.20. The first-order valence-corrected chi connectivity index (χ1v) is 15.2. The Morgan fingerprint density at radius 2 is 1.75 bits per heavy atom. The number of carbonyl (C=O) groups excluding carboxylic acids is 4. The molecule has 0 radical (unpaired) electrons. The van der Waals surface area contributed by atoms with E-state index in [0.717, 1.165) is 5.56 Å². The predicted octanol–water partition coefficient (Wildman–Crippen LogP) is 5.30. The van der Waals surface area contributed by atoms with Gasteiger partial charge in [-0.1, -0.05) is 35.9 Å². The second kappa shape index (κ2) is 14.9. The lowest BCUT2D eigenvalue weighted by Gasteiger charge is -2.35. The van der Waals surface area contributed by atoms with Crippen LogP contribution < -0.4 is 5.32 Å². The van der Waals surface area contributed by atoms with Gasteiger partial charge >= 0.3 is 12.1 Å². The van der Waals surface area contributed by atoms with Gasteiger partial charge in [-0.3, -0.25) is 9.59 Å². The van der Waals surface area contributed by atoms with E-state index < -0.39 is 48.2 Å². The van der Waals surface area contributed by atoms with Crippen molar-refractivity contribution in [2.24, 2.45) is 0 Å². The molecule has 1 aromatic heterocycles.